The lowest BCUT2D eigenvalue weighted by Crippen LogP contribution is -2.27. The van der Waals surface area contributed by atoms with Gasteiger partial charge in [0.05, 0.1) is 13.2 Å². The minimum Gasteiger partial charge on any atom is -0.497 e. The summed E-state index contributed by atoms with van der Waals surface area (Å²) in [4.78, 5) is 0. The summed E-state index contributed by atoms with van der Waals surface area (Å²) in [7, 11) is 1.51. The Morgan fingerprint density at radius 2 is 2.07 bits per heavy atom. The van der Waals surface area contributed by atoms with Crippen LogP contribution in [0.25, 0.3) is 0 Å². The van der Waals surface area contributed by atoms with Gasteiger partial charge in [-0.25, -0.2) is 0 Å². The first-order valence-electron chi connectivity index (χ1n) is 4.59. The van der Waals surface area contributed by atoms with E-state index in [2.05, 4.69) is 0 Å². The number of nitrogens with two attached hydrogens (primary N) is 2. The first kappa shape index (κ1) is 11.8. The van der Waals surface area contributed by atoms with Gasteiger partial charge >= 0.3 is 0 Å². The summed E-state index contributed by atoms with van der Waals surface area (Å²) in [5, 5.41) is 19.1. The van der Waals surface area contributed by atoms with Crippen molar-refractivity contribution in [3.8, 4) is 5.75 Å². The molecule has 0 heterocycles. The van der Waals surface area contributed by atoms with Gasteiger partial charge in [0, 0.05) is 17.8 Å². The van der Waals surface area contributed by atoms with Crippen LogP contribution < -0.4 is 16.2 Å². The number of anilines is 1. The Hall–Kier alpha value is -1.30. The van der Waals surface area contributed by atoms with E-state index < -0.39 is 12.2 Å². The van der Waals surface area contributed by atoms with Gasteiger partial charge in [-0.3, -0.25) is 0 Å². The number of rotatable bonds is 4. The average Bonchev–Trinajstić information content (AvgIpc) is 2.27. The highest BCUT2D eigenvalue weighted by atomic mass is 16.5. The maximum atomic E-state index is 9.72. The van der Waals surface area contributed by atoms with Crippen LogP contribution in [0.2, 0.25) is 0 Å². The molecule has 1 aromatic carbocycles. The molecule has 5 heteroatoms. The van der Waals surface area contributed by atoms with Crippen LogP contribution in [-0.2, 0) is 0 Å². The quantitative estimate of drug-likeness (QED) is 0.510. The van der Waals surface area contributed by atoms with Gasteiger partial charge in [-0.15, -0.1) is 0 Å². The highest BCUT2D eigenvalue weighted by Crippen LogP contribution is 2.27. The molecule has 15 heavy (non-hydrogen) atoms. The lowest BCUT2D eigenvalue weighted by atomic mass is 10.0. The average molecular weight is 212 g/mol. The van der Waals surface area contributed by atoms with Crippen LogP contribution in [0.3, 0.4) is 0 Å². The molecule has 0 amide bonds. The third kappa shape index (κ3) is 2.59. The molecule has 0 saturated heterocycles. The van der Waals surface area contributed by atoms with Gasteiger partial charge in [-0.1, -0.05) is 0 Å². The van der Waals surface area contributed by atoms with Crippen LogP contribution >= 0.6 is 0 Å². The number of aliphatic hydroxyl groups excluding tert-OH is 2. The third-order valence-corrected chi connectivity index (χ3v) is 2.22. The molecule has 2 unspecified atom stereocenters. The number of ether oxygens (including phenoxy) is 1. The van der Waals surface area contributed by atoms with Gasteiger partial charge in [0.2, 0.25) is 0 Å². The third-order valence-electron chi connectivity index (χ3n) is 2.22. The van der Waals surface area contributed by atoms with Crippen molar-refractivity contribution in [3.05, 3.63) is 23.8 Å². The molecular weight excluding hydrogens is 196 g/mol. The zero-order chi connectivity index (χ0) is 11.4. The smallest absolute Gasteiger partial charge is 0.119 e. The number of methoxy groups -OCH3 is 1. The van der Waals surface area contributed by atoms with Crippen LogP contribution in [0.1, 0.15) is 11.7 Å². The maximum absolute atomic E-state index is 9.72. The SMILES string of the molecule is COc1ccc(N)c(C(O)C(O)CN)c1. The molecule has 1 rings (SSSR count). The highest BCUT2D eigenvalue weighted by Gasteiger charge is 2.19. The Morgan fingerprint density at radius 1 is 1.40 bits per heavy atom. The van der Waals surface area contributed by atoms with Gasteiger partial charge in [-0.05, 0) is 18.2 Å². The molecule has 0 saturated carbocycles. The largest absolute Gasteiger partial charge is 0.497 e. The van der Waals surface area contributed by atoms with Crippen molar-refractivity contribution in [3.63, 3.8) is 0 Å². The summed E-state index contributed by atoms with van der Waals surface area (Å²) in [6.45, 7) is -0.0299. The van der Waals surface area contributed by atoms with Crippen molar-refractivity contribution >= 4 is 5.69 Å². The summed E-state index contributed by atoms with van der Waals surface area (Å²) in [5.41, 5.74) is 11.7. The normalized spacial score (nSPS) is 14.7. The van der Waals surface area contributed by atoms with Crippen molar-refractivity contribution in [2.75, 3.05) is 19.4 Å². The Kier molecular flexibility index (Phi) is 3.90. The minimum atomic E-state index is -1.09. The van der Waals surface area contributed by atoms with Gasteiger partial charge < -0.3 is 26.4 Å². The van der Waals surface area contributed by atoms with E-state index in [1.54, 1.807) is 18.2 Å². The molecule has 0 radical (unpaired) electrons. The van der Waals surface area contributed by atoms with Crippen molar-refractivity contribution in [2.45, 2.75) is 12.2 Å². The Labute approximate surface area is 88.3 Å². The predicted octanol–water partition coefficient (Wildman–Crippen LogP) is -0.370. The van der Waals surface area contributed by atoms with Gasteiger partial charge in [-0.2, -0.15) is 0 Å². The molecule has 84 valence electrons. The first-order valence-corrected chi connectivity index (χ1v) is 4.59. The molecule has 2 atom stereocenters. The van der Waals surface area contributed by atoms with Crippen molar-refractivity contribution in [1.29, 1.82) is 0 Å². The van der Waals surface area contributed by atoms with E-state index in [1.807, 2.05) is 0 Å². The molecule has 0 spiro atoms. The Bertz CT molecular complexity index is 330. The molecule has 0 aliphatic rings. The maximum Gasteiger partial charge on any atom is 0.119 e. The topological polar surface area (TPSA) is 102 Å². The van der Waals surface area contributed by atoms with E-state index in [0.29, 0.717) is 17.0 Å². The number of hydrogen-bond donors (Lipinski definition) is 4. The standard InChI is InChI=1S/C10H16N2O3/c1-15-6-2-3-8(12)7(4-6)10(14)9(13)5-11/h2-4,9-10,13-14H,5,11-12H2,1H3. The molecule has 0 bridgehead atoms. The summed E-state index contributed by atoms with van der Waals surface area (Å²) in [6.07, 6.45) is -2.12. The van der Waals surface area contributed by atoms with Gasteiger partial charge in [0.15, 0.2) is 0 Å². The van der Waals surface area contributed by atoms with E-state index in [-0.39, 0.29) is 6.54 Å². The molecule has 0 fully saturated rings. The Morgan fingerprint density at radius 3 is 2.60 bits per heavy atom. The highest BCUT2D eigenvalue weighted by molar-refractivity contribution is 5.51. The molecule has 6 N–H and O–H groups in total. The Balaban J connectivity index is 3.01. The van der Waals surface area contributed by atoms with Crippen LogP contribution in [0.4, 0.5) is 5.69 Å². The zero-order valence-electron chi connectivity index (χ0n) is 8.55. The fourth-order valence-corrected chi connectivity index (χ4v) is 1.27. The number of benzene rings is 1. The number of nitrogen functional groups attached to an aromatic ring is 1. The van der Waals surface area contributed by atoms with Crippen LogP contribution in [0.5, 0.6) is 5.75 Å². The fraction of sp³-hybridized carbons (Fsp3) is 0.400. The molecule has 0 aliphatic carbocycles. The summed E-state index contributed by atoms with van der Waals surface area (Å²) >= 11 is 0. The molecule has 0 aromatic heterocycles. The lowest BCUT2D eigenvalue weighted by molar-refractivity contribution is 0.0247. The van der Waals surface area contributed by atoms with E-state index in [4.69, 9.17) is 16.2 Å². The summed E-state index contributed by atoms with van der Waals surface area (Å²) < 4.78 is 4.99. The van der Waals surface area contributed by atoms with Crippen LogP contribution in [-0.4, -0.2) is 30.0 Å². The van der Waals surface area contributed by atoms with Crippen LogP contribution in [0.15, 0.2) is 18.2 Å². The number of hydrogen-bond acceptors (Lipinski definition) is 5. The molecule has 0 aliphatic heterocycles. The first-order chi connectivity index (χ1) is 7.10. The van der Waals surface area contributed by atoms with Crippen molar-refractivity contribution in [2.24, 2.45) is 5.73 Å². The monoisotopic (exact) mass is 212 g/mol. The van der Waals surface area contributed by atoms with E-state index in [1.165, 1.54) is 7.11 Å². The molecular formula is C10H16N2O3. The molecule has 1 aromatic rings. The number of aliphatic hydroxyl groups is 2. The van der Waals surface area contributed by atoms with E-state index in [9.17, 15) is 10.2 Å². The predicted molar refractivity (Wildman–Crippen MR) is 57.4 cm³/mol. The van der Waals surface area contributed by atoms with E-state index in [0.717, 1.165) is 0 Å². The zero-order valence-corrected chi connectivity index (χ0v) is 8.55. The fourth-order valence-electron chi connectivity index (χ4n) is 1.27. The van der Waals surface area contributed by atoms with Gasteiger partial charge in [0.1, 0.15) is 11.9 Å². The second-order valence-corrected chi connectivity index (χ2v) is 3.24. The van der Waals surface area contributed by atoms with Crippen molar-refractivity contribution in [1.82, 2.24) is 0 Å². The summed E-state index contributed by atoms with van der Waals surface area (Å²) in [5.74, 6) is 0.572. The van der Waals surface area contributed by atoms with Crippen LogP contribution in [0, 0.1) is 0 Å². The lowest BCUT2D eigenvalue weighted by Gasteiger charge is -2.18. The van der Waals surface area contributed by atoms with Gasteiger partial charge in [0.25, 0.3) is 0 Å². The second-order valence-electron chi connectivity index (χ2n) is 3.24. The summed E-state index contributed by atoms with van der Waals surface area (Å²) in [6, 6.07) is 4.87. The molecule has 5 nitrogen and oxygen atoms in total. The van der Waals surface area contributed by atoms with Crippen molar-refractivity contribution < 1.29 is 14.9 Å². The second kappa shape index (κ2) is 4.97. The minimum absolute atomic E-state index is 0.0299. The van der Waals surface area contributed by atoms with E-state index >= 15 is 0 Å².